The number of aryl methyl sites for hydroxylation is 1. The number of benzene rings is 2. The number of ketones is 1. The molecule has 34 heavy (non-hydrogen) atoms. The Morgan fingerprint density at radius 3 is 2.38 bits per heavy atom. The number of Topliss-reactive ketones (excluding diaryl/α,β-unsaturated/α-hetero) is 1. The zero-order valence-corrected chi connectivity index (χ0v) is 20.2. The van der Waals surface area contributed by atoms with Gasteiger partial charge in [-0.2, -0.15) is 0 Å². The molecule has 0 unspecified atom stereocenters. The molecule has 0 saturated carbocycles. The summed E-state index contributed by atoms with van der Waals surface area (Å²) in [6.45, 7) is 2.91. The number of nitrogens with zero attached hydrogens (tertiary/aromatic N) is 2. The lowest BCUT2D eigenvalue weighted by Crippen LogP contribution is -2.39. The van der Waals surface area contributed by atoms with Gasteiger partial charge in [0.15, 0.2) is 0 Å². The largest absolute Gasteiger partial charge is 0.358 e. The highest BCUT2D eigenvalue weighted by Crippen LogP contribution is 2.31. The highest BCUT2D eigenvalue weighted by Gasteiger charge is 2.28. The Hall–Kier alpha value is -3.19. The monoisotopic (exact) mass is 483 g/mol. The summed E-state index contributed by atoms with van der Waals surface area (Å²) in [5.41, 5.74) is 2.82. The van der Waals surface area contributed by atoms with E-state index < -0.39 is 11.7 Å². The number of amides is 2. The summed E-state index contributed by atoms with van der Waals surface area (Å²) in [4.78, 5) is 44.5. The second-order valence-electron chi connectivity index (χ2n) is 9.10. The van der Waals surface area contributed by atoms with Gasteiger partial charge >= 0.3 is 0 Å². The van der Waals surface area contributed by atoms with Crippen LogP contribution in [0.2, 0.25) is 5.02 Å². The number of halogens is 2. The van der Waals surface area contributed by atoms with Gasteiger partial charge in [-0.15, -0.1) is 0 Å². The molecule has 0 aliphatic carbocycles. The highest BCUT2D eigenvalue weighted by atomic mass is 35.5. The average Bonchev–Trinajstić information content (AvgIpc) is 3.13. The highest BCUT2D eigenvalue weighted by molar-refractivity contribution is 6.45. The van der Waals surface area contributed by atoms with Crippen LogP contribution in [0.15, 0.2) is 36.4 Å². The van der Waals surface area contributed by atoms with Crippen LogP contribution in [0.25, 0.3) is 10.9 Å². The molecule has 0 bridgehead atoms. The Balaban J connectivity index is 1.53. The van der Waals surface area contributed by atoms with Gasteiger partial charge in [-0.05, 0) is 61.9 Å². The van der Waals surface area contributed by atoms with Crippen LogP contribution < -0.4 is 0 Å². The van der Waals surface area contributed by atoms with E-state index in [0.717, 1.165) is 24.8 Å². The quantitative estimate of drug-likeness (QED) is 0.424. The number of rotatable bonds is 5. The number of hydrogen-bond donors (Lipinski definition) is 1. The molecule has 0 radical (unpaired) electrons. The van der Waals surface area contributed by atoms with E-state index in [-0.39, 0.29) is 17.3 Å². The van der Waals surface area contributed by atoms with Gasteiger partial charge in [-0.1, -0.05) is 23.7 Å². The van der Waals surface area contributed by atoms with E-state index in [4.69, 9.17) is 11.6 Å². The van der Waals surface area contributed by atoms with Gasteiger partial charge in [0.25, 0.3) is 17.6 Å². The molecule has 2 aromatic carbocycles. The van der Waals surface area contributed by atoms with Crippen molar-refractivity contribution in [1.29, 1.82) is 0 Å². The molecule has 1 aliphatic rings. The molecule has 1 aromatic heterocycles. The zero-order chi connectivity index (χ0) is 24.6. The number of likely N-dealkylation sites (tertiary alicyclic amines) is 1. The number of piperidine rings is 1. The molecule has 178 valence electrons. The molecule has 1 saturated heterocycles. The fourth-order valence-electron chi connectivity index (χ4n) is 4.58. The Bertz CT molecular complexity index is 1260. The maximum Gasteiger partial charge on any atom is 0.294 e. The van der Waals surface area contributed by atoms with Crippen LogP contribution in [0.1, 0.15) is 44.8 Å². The maximum atomic E-state index is 13.3. The van der Waals surface area contributed by atoms with Gasteiger partial charge in [-0.3, -0.25) is 14.4 Å². The third-order valence-corrected chi connectivity index (χ3v) is 6.78. The van der Waals surface area contributed by atoms with Crippen LogP contribution >= 0.6 is 11.6 Å². The fraction of sp³-hybridized carbons (Fsp3) is 0.346. The minimum Gasteiger partial charge on any atom is -0.358 e. The van der Waals surface area contributed by atoms with Gasteiger partial charge in [0.05, 0.1) is 16.1 Å². The number of hydrogen-bond acceptors (Lipinski definition) is 3. The molecule has 2 heterocycles. The summed E-state index contributed by atoms with van der Waals surface area (Å²) in [5.74, 6) is -1.28. The summed E-state index contributed by atoms with van der Waals surface area (Å²) in [6, 6.07) is 9.81. The number of carbonyl (C=O) groups is 3. The Morgan fingerprint density at radius 2 is 1.76 bits per heavy atom. The molecular formula is C26H27ClFN3O3. The normalized spacial score (nSPS) is 14.4. The molecule has 1 fully saturated rings. The minimum absolute atomic E-state index is 0.191. The first-order valence-electron chi connectivity index (χ1n) is 11.3. The number of aromatic amines is 1. The second kappa shape index (κ2) is 9.58. The molecule has 0 spiro atoms. The smallest absolute Gasteiger partial charge is 0.294 e. The predicted molar refractivity (Wildman–Crippen MR) is 130 cm³/mol. The summed E-state index contributed by atoms with van der Waals surface area (Å²) >= 11 is 6.46. The van der Waals surface area contributed by atoms with Crippen molar-refractivity contribution in [2.45, 2.75) is 26.2 Å². The first kappa shape index (κ1) is 24.0. The molecular weight excluding hydrogens is 457 g/mol. The molecule has 2 amide bonds. The van der Waals surface area contributed by atoms with Crippen molar-refractivity contribution in [2.75, 3.05) is 27.2 Å². The van der Waals surface area contributed by atoms with Crippen molar-refractivity contribution in [3.8, 4) is 0 Å². The molecule has 6 nitrogen and oxygen atoms in total. The fourth-order valence-corrected chi connectivity index (χ4v) is 4.83. The van der Waals surface area contributed by atoms with Crippen molar-refractivity contribution in [1.82, 2.24) is 14.8 Å². The summed E-state index contributed by atoms with van der Waals surface area (Å²) in [5, 5.41) is 0.807. The predicted octanol–water partition coefficient (Wildman–Crippen LogP) is 4.63. The lowest BCUT2D eigenvalue weighted by atomic mass is 9.90. The number of H-pyrrole nitrogens is 1. The second-order valence-corrected chi connectivity index (χ2v) is 9.50. The van der Waals surface area contributed by atoms with E-state index in [1.807, 2.05) is 0 Å². The Morgan fingerprint density at radius 1 is 1.12 bits per heavy atom. The van der Waals surface area contributed by atoms with E-state index >= 15 is 0 Å². The number of aromatic nitrogens is 1. The summed E-state index contributed by atoms with van der Waals surface area (Å²) < 4.78 is 13.1. The first-order valence-corrected chi connectivity index (χ1v) is 11.6. The van der Waals surface area contributed by atoms with Crippen LogP contribution in [0.5, 0.6) is 0 Å². The van der Waals surface area contributed by atoms with Crippen molar-refractivity contribution >= 4 is 40.1 Å². The van der Waals surface area contributed by atoms with E-state index in [2.05, 4.69) is 4.98 Å². The van der Waals surface area contributed by atoms with E-state index in [1.165, 1.54) is 31.1 Å². The summed E-state index contributed by atoms with van der Waals surface area (Å²) in [7, 11) is 3.05. The topological polar surface area (TPSA) is 73.5 Å². The molecule has 1 N–H and O–H groups in total. The molecule has 8 heteroatoms. The lowest BCUT2D eigenvalue weighted by molar-refractivity contribution is -0.124. The third-order valence-electron chi connectivity index (χ3n) is 6.47. The number of nitrogens with one attached hydrogen (secondary N) is 1. The van der Waals surface area contributed by atoms with Crippen LogP contribution in [0.3, 0.4) is 0 Å². The van der Waals surface area contributed by atoms with Gasteiger partial charge in [-0.25, -0.2) is 4.39 Å². The van der Waals surface area contributed by atoms with Gasteiger partial charge in [0.2, 0.25) is 0 Å². The lowest BCUT2D eigenvalue weighted by Gasteiger charge is -2.32. The van der Waals surface area contributed by atoms with Crippen molar-refractivity contribution in [3.63, 3.8) is 0 Å². The van der Waals surface area contributed by atoms with E-state index in [0.29, 0.717) is 46.2 Å². The van der Waals surface area contributed by atoms with Crippen LogP contribution in [-0.4, -0.2) is 59.6 Å². The molecule has 3 aromatic rings. The van der Waals surface area contributed by atoms with Gasteiger partial charge < -0.3 is 14.8 Å². The Kier molecular flexibility index (Phi) is 6.75. The summed E-state index contributed by atoms with van der Waals surface area (Å²) in [6.07, 6.45) is 2.53. The van der Waals surface area contributed by atoms with Crippen LogP contribution in [-0.2, 0) is 11.2 Å². The molecule has 4 rings (SSSR count). The van der Waals surface area contributed by atoms with Crippen molar-refractivity contribution in [2.24, 2.45) is 5.92 Å². The van der Waals surface area contributed by atoms with Crippen LogP contribution in [0, 0.1) is 18.7 Å². The number of carbonyl (C=O) groups excluding carboxylic acids is 3. The van der Waals surface area contributed by atoms with E-state index in [9.17, 15) is 18.8 Å². The number of fused-ring (bicyclic) bond motifs is 1. The molecule has 1 aliphatic heterocycles. The third kappa shape index (κ3) is 4.71. The van der Waals surface area contributed by atoms with E-state index in [1.54, 1.807) is 36.1 Å². The molecule has 0 atom stereocenters. The zero-order valence-electron chi connectivity index (χ0n) is 19.5. The number of likely N-dealkylation sites (N-methyl/N-ethyl adjacent to an activating group) is 1. The standard InChI is InChI=1S/C26H27ClFN3O3/c1-15-23(24(32)26(34)30(2)3)20-13-19(21(27)14-22(20)29-15)25(33)31-10-8-17(9-11-31)12-16-4-6-18(28)7-5-16/h4-7,13-14,17,29H,8-12H2,1-3H3. The van der Waals surface area contributed by atoms with Crippen LogP contribution in [0.4, 0.5) is 4.39 Å². The SMILES string of the molecule is Cc1[nH]c2cc(Cl)c(C(=O)N3CCC(Cc4ccc(F)cc4)CC3)cc2c1C(=O)C(=O)N(C)C. The first-order chi connectivity index (χ1) is 16.2. The maximum absolute atomic E-state index is 13.3. The van der Waals surface area contributed by atoms with Crippen molar-refractivity contribution in [3.05, 3.63) is 69.6 Å². The minimum atomic E-state index is -0.630. The van der Waals surface area contributed by atoms with Gasteiger partial charge in [0, 0.05) is 43.8 Å². The Labute approximate surface area is 202 Å². The van der Waals surface area contributed by atoms with Gasteiger partial charge in [0.1, 0.15) is 5.82 Å². The average molecular weight is 484 g/mol. The van der Waals surface area contributed by atoms with Crippen molar-refractivity contribution < 1.29 is 18.8 Å².